The standard InChI is InChI=1S/C17H19ClO2/c1-11(2)14-6-4-5-7-16(14)20-17-9-8-13(12(3)19)10-15(17)18/h4-12,19H,1-3H3. The second-order valence-electron chi connectivity index (χ2n) is 5.16. The first kappa shape index (κ1) is 14.9. The van der Waals surface area contributed by atoms with Gasteiger partial charge in [-0.1, -0.05) is 49.7 Å². The van der Waals surface area contributed by atoms with Gasteiger partial charge in [0.15, 0.2) is 0 Å². The molecule has 0 aliphatic rings. The molecule has 0 aliphatic heterocycles. The van der Waals surface area contributed by atoms with E-state index in [1.54, 1.807) is 19.1 Å². The number of halogens is 1. The summed E-state index contributed by atoms with van der Waals surface area (Å²) in [4.78, 5) is 0. The van der Waals surface area contributed by atoms with Gasteiger partial charge < -0.3 is 9.84 Å². The zero-order valence-electron chi connectivity index (χ0n) is 11.9. The Labute approximate surface area is 125 Å². The molecule has 2 aromatic carbocycles. The smallest absolute Gasteiger partial charge is 0.146 e. The summed E-state index contributed by atoms with van der Waals surface area (Å²) >= 11 is 6.22. The van der Waals surface area contributed by atoms with Crippen molar-refractivity contribution in [3.05, 3.63) is 58.6 Å². The molecule has 2 rings (SSSR count). The van der Waals surface area contributed by atoms with Crippen molar-refractivity contribution in [2.75, 3.05) is 0 Å². The summed E-state index contributed by atoms with van der Waals surface area (Å²) in [7, 11) is 0. The molecule has 0 bridgehead atoms. The maximum atomic E-state index is 9.55. The Morgan fingerprint density at radius 1 is 1.00 bits per heavy atom. The molecule has 1 N–H and O–H groups in total. The maximum absolute atomic E-state index is 9.55. The van der Waals surface area contributed by atoms with Gasteiger partial charge in [0.25, 0.3) is 0 Å². The zero-order chi connectivity index (χ0) is 14.7. The average molecular weight is 291 g/mol. The van der Waals surface area contributed by atoms with E-state index >= 15 is 0 Å². The monoisotopic (exact) mass is 290 g/mol. The summed E-state index contributed by atoms with van der Waals surface area (Å²) in [6, 6.07) is 13.3. The van der Waals surface area contributed by atoms with Gasteiger partial charge in [-0.3, -0.25) is 0 Å². The van der Waals surface area contributed by atoms with Crippen LogP contribution in [0.3, 0.4) is 0 Å². The van der Waals surface area contributed by atoms with Gasteiger partial charge in [-0.25, -0.2) is 0 Å². The fourth-order valence-electron chi connectivity index (χ4n) is 2.03. The van der Waals surface area contributed by atoms with Crippen molar-refractivity contribution in [1.82, 2.24) is 0 Å². The Kier molecular flexibility index (Phi) is 4.69. The number of hydrogen-bond donors (Lipinski definition) is 1. The van der Waals surface area contributed by atoms with Crippen LogP contribution < -0.4 is 4.74 Å². The number of rotatable bonds is 4. The predicted octanol–water partition coefficient (Wildman–Crippen LogP) is 5.31. The minimum atomic E-state index is -0.537. The van der Waals surface area contributed by atoms with E-state index in [-0.39, 0.29) is 0 Å². The van der Waals surface area contributed by atoms with Crippen molar-refractivity contribution < 1.29 is 9.84 Å². The molecular formula is C17H19ClO2. The summed E-state index contributed by atoms with van der Waals surface area (Å²) in [5, 5.41) is 10.0. The van der Waals surface area contributed by atoms with Crippen LogP contribution in [0.2, 0.25) is 5.02 Å². The zero-order valence-corrected chi connectivity index (χ0v) is 12.7. The number of hydrogen-bond acceptors (Lipinski definition) is 2. The van der Waals surface area contributed by atoms with Crippen molar-refractivity contribution in [3.8, 4) is 11.5 Å². The molecule has 0 fully saturated rings. The van der Waals surface area contributed by atoms with Crippen LogP contribution >= 0.6 is 11.6 Å². The lowest BCUT2D eigenvalue weighted by molar-refractivity contribution is 0.199. The number of aliphatic hydroxyl groups excluding tert-OH is 1. The quantitative estimate of drug-likeness (QED) is 0.827. The average Bonchev–Trinajstić information content (AvgIpc) is 2.41. The highest BCUT2D eigenvalue weighted by Gasteiger charge is 2.11. The van der Waals surface area contributed by atoms with Gasteiger partial charge in [0.05, 0.1) is 11.1 Å². The normalized spacial score (nSPS) is 12.5. The third-order valence-corrected chi connectivity index (χ3v) is 3.49. The highest BCUT2D eigenvalue weighted by molar-refractivity contribution is 6.32. The molecule has 106 valence electrons. The summed E-state index contributed by atoms with van der Waals surface area (Å²) in [5.41, 5.74) is 1.92. The summed E-state index contributed by atoms with van der Waals surface area (Å²) in [6.45, 7) is 5.96. The minimum Gasteiger partial charge on any atom is -0.456 e. The maximum Gasteiger partial charge on any atom is 0.146 e. The van der Waals surface area contributed by atoms with Crippen molar-refractivity contribution in [3.63, 3.8) is 0 Å². The first-order valence-corrected chi connectivity index (χ1v) is 7.11. The van der Waals surface area contributed by atoms with Gasteiger partial charge in [0.1, 0.15) is 11.5 Å². The molecule has 2 aromatic rings. The number of para-hydroxylation sites is 1. The van der Waals surface area contributed by atoms with E-state index in [0.717, 1.165) is 16.9 Å². The first-order chi connectivity index (χ1) is 9.49. The van der Waals surface area contributed by atoms with E-state index in [4.69, 9.17) is 16.3 Å². The van der Waals surface area contributed by atoms with Crippen molar-refractivity contribution >= 4 is 11.6 Å². The molecule has 0 spiro atoms. The van der Waals surface area contributed by atoms with E-state index < -0.39 is 6.10 Å². The van der Waals surface area contributed by atoms with Gasteiger partial charge in [-0.15, -0.1) is 0 Å². The molecule has 0 heterocycles. The number of aliphatic hydroxyl groups is 1. The van der Waals surface area contributed by atoms with Gasteiger partial charge in [-0.2, -0.15) is 0 Å². The Balaban J connectivity index is 2.31. The van der Waals surface area contributed by atoms with E-state index in [2.05, 4.69) is 19.9 Å². The van der Waals surface area contributed by atoms with Gasteiger partial charge in [-0.05, 0) is 42.2 Å². The van der Waals surface area contributed by atoms with E-state index in [1.165, 1.54) is 0 Å². The SMILES string of the molecule is CC(C)c1ccccc1Oc1ccc(C(C)O)cc1Cl. The lowest BCUT2D eigenvalue weighted by Gasteiger charge is -2.15. The first-order valence-electron chi connectivity index (χ1n) is 6.73. The molecule has 0 saturated heterocycles. The predicted molar refractivity (Wildman–Crippen MR) is 82.7 cm³/mol. The summed E-state index contributed by atoms with van der Waals surface area (Å²) < 4.78 is 5.92. The van der Waals surface area contributed by atoms with Crippen LogP contribution in [0.25, 0.3) is 0 Å². The van der Waals surface area contributed by atoms with Gasteiger partial charge in [0, 0.05) is 0 Å². The molecule has 1 unspecified atom stereocenters. The highest BCUT2D eigenvalue weighted by atomic mass is 35.5. The molecule has 0 saturated carbocycles. The van der Waals surface area contributed by atoms with Crippen LogP contribution in [0.15, 0.2) is 42.5 Å². The lowest BCUT2D eigenvalue weighted by Crippen LogP contribution is -1.95. The Bertz CT molecular complexity index is 591. The molecule has 0 radical (unpaired) electrons. The number of benzene rings is 2. The molecule has 0 aliphatic carbocycles. The molecule has 20 heavy (non-hydrogen) atoms. The van der Waals surface area contributed by atoms with E-state index in [1.807, 2.05) is 24.3 Å². The van der Waals surface area contributed by atoms with Crippen molar-refractivity contribution in [1.29, 1.82) is 0 Å². The van der Waals surface area contributed by atoms with Gasteiger partial charge in [0.2, 0.25) is 0 Å². The van der Waals surface area contributed by atoms with Gasteiger partial charge >= 0.3 is 0 Å². The fraction of sp³-hybridized carbons (Fsp3) is 0.294. The summed E-state index contributed by atoms with van der Waals surface area (Å²) in [6.07, 6.45) is -0.537. The summed E-state index contributed by atoms with van der Waals surface area (Å²) in [5.74, 6) is 1.79. The van der Waals surface area contributed by atoms with Crippen molar-refractivity contribution in [2.24, 2.45) is 0 Å². The minimum absolute atomic E-state index is 0.377. The molecule has 3 heteroatoms. The largest absolute Gasteiger partial charge is 0.456 e. The molecule has 0 aromatic heterocycles. The van der Waals surface area contributed by atoms with Crippen molar-refractivity contribution in [2.45, 2.75) is 32.8 Å². The Morgan fingerprint density at radius 3 is 2.30 bits per heavy atom. The molecule has 1 atom stereocenters. The molecule has 0 amide bonds. The molecule has 2 nitrogen and oxygen atoms in total. The Morgan fingerprint density at radius 2 is 1.70 bits per heavy atom. The van der Waals surface area contributed by atoms with Crippen LogP contribution in [0.1, 0.15) is 43.9 Å². The van der Waals surface area contributed by atoms with Crippen LogP contribution in [-0.2, 0) is 0 Å². The second kappa shape index (κ2) is 6.29. The highest BCUT2D eigenvalue weighted by Crippen LogP contribution is 2.35. The topological polar surface area (TPSA) is 29.5 Å². The van der Waals surface area contributed by atoms with Crippen LogP contribution in [0.4, 0.5) is 0 Å². The van der Waals surface area contributed by atoms with Crippen LogP contribution in [0, 0.1) is 0 Å². The van der Waals surface area contributed by atoms with E-state index in [9.17, 15) is 5.11 Å². The number of ether oxygens (including phenoxy) is 1. The van der Waals surface area contributed by atoms with Crippen LogP contribution in [-0.4, -0.2) is 5.11 Å². The van der Waals surface area contributed by atoms with Crippen LogP contribution in [0.5, 0.6) is 11.5 Å². The molecular weight excluding hydrogens is 272 g/mol. The Hall–Kier alpha value is -1.51. The third kappa shape index (κ3) is 3.33. The second-order valence-corrected chi connectivity index (χ2v) is 5.57. The lowest BCUT2D eigenvalue weighted by atomic mass is 10.0. The third-order valence-electron chi connectivity index (χ3n) is 3.20. The van der Waals surface area contributed by atoms with E-state index in [0.29, 0.717) is 16.7 Å². The fourth-order valence-corrected chi connectivity index (χ4v) is 2.26.